The van der Waals surface area contributed by atoms with Crippen molar-refractivity contribution in [3.05, 3.63) is 54.2 Å². The second-order valence-electron chi connectivity index (χ2n) is 8.83. The highest BCUT2D eigenvalue weighted by Crippen LogP contribution is 2.19. The maximum absolute atomic E-state index is 13.3. The van der Waals surface area contributed by atoms with Crippen molar-refractivity contribution in [1.82, 2.24) is 30.9 Å². The van der Waals surface area contributed by atoms with Gasteiger partial charge in [-0.2, -0.15) is 12.6 Å². The van der Waals surface area contributed by atoms with Gasteiger partial charge < -0.3 is 42.5 Å². The van der Waals surface area contributed by atoms with Gasteiger partial charge in [0, 0.05) is 47.6 Å². The van der Waals surface area contributed by atoms with Crippen LogP contribution in [0.5, 0.6) is 0 Å². The van der Waals surface area contributed by atoms with Crippen molar-refractivity contribution in [2.75, 3.05) is 5.75 Å². The fraction of sp³-hybridized carbons (Fsp3) is 0.333. The Morgan fingerprint density at radius 3 is 2.26 bits per heavy atom. The lowest BCUT2D eigenvalue weighted by molar-refractivity contribution is -0.142. The Hall–Kier alpha value is -4.37. The molecule has 4 atom stereocenters. The van der Waals surface area contributed by atoms with Crippen LogP contribution in [0.4, 0.5) is 0 Å². The van der Waals surface area contributed by atoms with Gasteiger partial charge in [-0.15, -0.1) is 0 Å². The number of aromatic nitrogens is 3. The number of para-hydroxylation sites is 1. The molecule has 4 amide bonds. The van der Waals surface area contributed by atoms with Crippen molar-refractivity contribution < 1.29 is 29.1 Å². The van der Waals surface area contributed by atoms with Gasteiger partial charge in [0.1, 0.15) is 18.1 Å². The number of nitrogens with one attached hydrogen (secondary N) is 5. The molecule has 2 heterocycles. The standard InChI is InChI=1S/C24H30N8O6S/c25-15(10-39)21(34)30-18(7-20(26)33)23(36)31-17(6-13-9-27-11-29-13)22(35)32-19(24(37)38)5-12-8-28-16-4-2-1-3-14(12)16/h1-4,8-9,11,15,17-19,28,39H,5-7,10,25H2,(H2,26,33)(H,27,29)(H,30,34)(H,31,36)(H,32,35)(H,37,38). The van der Waals surface area contributed by atoms with Crippen LogP contribution in [0.15, 0.2) is 43.0 Å². The number of carbonyl (C=O) groups excluding carboxylic acids is 4. The highest BCUT2D eigenvalue weighted by molar-refractivity contribution is 7.80. The molecule has 0 saturated heterocycles. The number of aliphatic carboxylic acids is 1. The number of carboxylic acids is 1. The highest BCUT2D eigenvalue weighted by Gasteiger charge is 2.31. The zero-order chi connectivity index (χ0) is 28.5. The lowest BCUT2D eigenvalue weighted by Crippen LogP contribution is -2.58. The molecular formula is C24H30N8O6S. The number of amides is 4. The maximum atomic E-state index is 13.3. The normalized spacial score (nSPS) is 14.1. The molecule has 0 fully saturated rings. The molecule has 0 aliphatic carbocycles. The van der Waals surface area contributed by atoms with E-state index in [1.54, 1.807) is 6.20 Å². The van der Waals surface area contributed by atoms with Crippen LogP contribution < -0.4 is 27.4 Å². The van der Waals surface area contributed by atoms with E-state index in [9.17, 15) is 29.1 Å². The van der Waals surface area contributed by atoms with E-state index in [-0.39, 0.29) is 18.6 Å². The molecule has 3 rings (SSSR count). The number of benzene rings is 1. The molecule has 10 N–H and O–H groups in total. The van der Waals surface area contributed by atoms with Crippen LogP contribution in [-0.2, 0) is 36.8 Å². The molecule has 0 bridgehead atoms. The van der Waals surface area contributed by atoms with Gasteiger partial charge in [0.25, 0.3) is 0 Å². The predicted molar refractivity (Wildman–Crippen MR) is 143 cm³/mol. The second-order valence-corrected chi connectivity index (χ2v) is 9.19. The SMILES string of the molecule is NC(=O)CC(NC(=O)C(N)CS)C(=O)NC(Cc1cnc[nH]1)C(=O)NC(Cc1c[nH]c2ccccc12)C(=O)O. The van der Waals surface area contributed by atoms with E-state index in [0.29, 0.717) is 11.3 Å². The Kier molecular flexibility index (Phi) is 10.1. The number of H-pyrrole nitrogens is 2. The summed E-state index contributed by atoms with van der Waals surface area (Å²) in [5.41, 5.74) is 12.8. The highest BCUT2D eigenvalue weighted by atomic mass is 32.1. The van der Waals surface area contributed by atoms with Gasteiger partial charge in [-0.05, 0) is 11.6 Å². The number of hydrogen-bond donors (Lipinski definition) is 9. The van der Waals surface area contributed by atoms with Crippen molar-refractivity contribution in [3.8, 4) is 0 Å². The Bertz CT molecular complexity index is 1330. The van der Waals surface area contributed by atoms with Crippen molar-refractivity contribution >= 4 is 53.1 Å². The van der Waals surface area contributed by atoms with Crippen LogP contribution in [0.1, 0.15) is 17.7 Å². The molecule has 0 aliphatic heterocycles. The van der Waals surface area contributed by atoms with Gasteiger partial charge in [0.15, 0.2) is 0 Å². The maximum Gasteiger partial charge on any atom is 0.326 e. The molecule has 1 aromatic carbocycles. The van der Waals surface area contributed by atoms with Crippen LogP contribution in [0, 0.1) is 0 Å². The van der Waals surface area contributed by atoms with Crippen LogP contribution in [0.3, 0.4) is 0 Å². The Labute approximate surface area is 228 Å². The third kappa shape index (κ3) is 8.05. The average molecular weight is 559 g/mol. The first-order chi connectivity index (χ1) is 18.6. The van der Waals surface area contributed by atoms with E-state index in [4.69, 9.17) is 11.5 Å². The molecule has 4 unspecified atom stereocenters. The molecule has 14 nitrogen and oxygen atoms in total. The molecular weight excluding hydrogens is 528 g/mol. The number of rotatable bonds is 14. The van der Waals surface area contributed by atoms with Gasteiger partial charge >= 0.3 is 5.97 Å². The molecule has 0 radical (unpaired) electrons. The molecule has 39 heavy (non-hydrogen) atoms. The Morgan fingerprint density at radius 2 is 1.62 bits per heavy atom. The van der Waals surface area contributed by atoms with Gasteiger partial charge in [0.2, 0.25) is 23.6 Å². The molecule has 2 aromatic heterocycles. The van der Waals surface area contributed by atoms with Gasteiger partial charge in [-0.3, -0.25) is 19.2 Å². The van der Waals surface area contributed by atoms with Crippen LogP contribution in [0.25, 0.3) is 10.9 Å². The van der Waals surface area contributed by atoms with Gasteiger partial charge in [-0.25, -0.2) is 9.78 Å². The van der Waals surface area contributed by atoms with Crippen LogP contribution in [-0.4, -0.2) is 79.6 Å². The summed E-state index contributed by atoms with van der Waals surface area (Å²) in [5, 5.41) is 17.9. The molecule has 0 aliphatic rings. The number of nitrogens with zero attached hydrogens (tertiary/aromatic N) is 1. The first-order valence-corrected chi connectivity index (χ1v) is 12.5. The molecule has 0 spiro atoms. The zero-order valence-electron chi connectivity index (χ0n) is 20.7. The van der Waals surface area contributed by atoms with Gasteiger partial charge in [0.05, 0.1) is 18.8 Å². The lowest BCUT2D eigenvalue weighted by atomic mass is 10.0. The first-order valence-electron chi connectivity index (χ1n) is 11.9. The van der Waals surface area contributed by atoms with E-state index < -0.39 is 60.2 Å². The summed E-state index contributed by atoms with van der Waals surface area (Å²) in [6.45, 7) is 0. The number of carbonyl (C=O) groups is 5. The number of hydrogen-bond acceptors (Lipinski definition) is 8. The monoisotopic (exact) mass is 558 g/mol. The number of thiol groups is 1. The minimum atomic E-state index is -1.43. The summed E-state index contributed by atoms with van der Waals surface area (Å²) < 4.78 is 0. The van der Waals surface area contributed by atoms with Crippen LogP contribution >= 0.6 is 12.6 Å². The van der Waals surface area contributed by atoms with Gasteiger partial charge in [-0.1, -0.05) is 18.2 Å². The summed E-state index contributed by atoms with van der Waals surface area (Å²) in [6, 6.07) is 2.21. The third-order valence-electron chi connectivity index (χ3n) is 5.90. The number of nitrogens with two attached hydrogens (primary N) is 2. The average Bonchev–Trinajstić information content (AvgIpc) is 3.56. The topological polar surface area (TPSA) is 238 Å². The summed E-state index contributed by atoms with van der Waals surface area (Å²) in [5.74, 6) is -4.62. The van der Waals surface area contributed by atoms with E-state index in [1.807, 2.05) is 24.3 Å². The second kappa shape index (κ2) is 13.4. The molecule has 208 valence electrons. The fourth-order valence-corrected chi connectivity index (χ4v) is 4.03. The fourth-order valence-electron chi connectivity index (χ4n) is 3.86. The predicted octanol–water partition coefficient (Wildman–Crippen LogP) is -1.65. The van der Waals surface area contributed by atoms with Crippen molar-refractivity contribution in [3.63, 3.8) is 0 Å². The minimum absolute atomic E-state index is 0.0192. The molecule has 0 saturated carbocycles. The number of aromatic amines is 2. The van der Waals surface area contributed by atoms with E-state index >= 15 is 0 Å². The smallest absolute Gasteiger partial charge is 0.326 e. The summed E-state index contributed by atoms with van der Waals surface area (Å²) in [7, 11) is 0. The third-order valence-corrected chi connectivity index (χ3v) is 6.29. The quantitative estimate of drug-likeness (QED) is 0.104. The van der Waals surface area contributed by atoms with Crippen molar-refractivity contribution in [2.24, 2.45) is 11.5 Å². The van der Waals surface area contributed by atoms with Crippen LogP contribution in [0.2, 0.25) is 0 Å². The largest absolute Gasteiger partial charge is 0.480 e. The number of imidazole rings is 1. The zero-order valence-corrected chi connectivity index (χ0v) is 21.6. The molecule has 15 heteroatoms. The number of fused-ring (bicyclic) bond motifs is 1. The lowest BCUT2D eigenvalue weighted by Gasteiger charge is -2.24. The Balaban J connectivity index is 1.79. The van der Waals surface area contributed by atoms with E-state index in [2.05, 4.69) is 43.5 Å². The van der Waals surface area contributed by atoms with Crippen molar-refractivity contribution in [1.29, 1.82) is 0 Å². The minimum Gasteiger partial charge on any atom is -0.480 e. The summed E-state index contributed by atoms with van der Waals surface area (Å²) >= 11 is 3.94. The summed E-state index contributed by atoms with van der Waals surface area (Å²) in [4.78, 5) is 72.0. The number of primary amides is 1. The Morgan fingerprint density at radius 1 is 0.949 bits per heavy atom. The number of carboxylic acid groups (broad SMARTS) is 1. The van der Waals surface area contributed by atoms with Crippen molar-refractivity contribution in [2.45, 2.75) is 43.4 Å². The van der Waals surface area contributed by atoms with E-state index in [1.165, 1.54) is 12.5 Å². The van der Waals surface area contributed by atoms with E-state index in [0.717, 1.165) is 10.9 Å². The first kappa shape index (κ1) is 29.2. The molecule has 3 aromatic rings. The summed E-state index contributed by atoms with van der Waals surface area (Å²) in [6.07, 6.45) is 3.79.